The molecule has 3 aliphatic rings. The van der Waals surface area contributed by atoms with Gasteiger partial charge in [0, 0.05) is 0 Å². The van der Waals surface area contributed by atoms with Gasteiger partial charge < -0.3 is 18.9 Å². The summed E-state index contributed by atoms with van der Waals surface area (Å²) in [5, 5.41) is 0. The Labute approximate surface area is 213 Å². The molecule has 3 fully saturated rings. The maximum Gasteiger partial charge on any atom is 0.545 e. The lowest BCUT2D eigenvalue weighted by molar-refractivity contribution is -0.173. The van der Waals surface area contributed by atoms with Crippen molar-refractivity contribution >= 4 is 18.1 Å². The molecule has 0 amide bonds. The Hall–Kier alpha value is -1.75. The SMILES string of the molecule is Cc1ccc(S(=O)(=O)OC2C3OC(C)(C)OC3C(C3COC(C)(C)O3)O[P+]2=O)cc1.c1ccccc1. The van der Waals surface area contributed by atoms with E-state index in [4.69, 9.17) is 27.7 Å². The molecule has 0 aromatic heterocycles. The summed E-state index contributed by atoms with van der Waals surface area (Å²) in [5.74, 6) is -3.21. The molecule has 3 saturated heterocycles. The molecule has 3 aliphatic heterocycles. The van der Waals surface area contributed by atoms with Gasteiger partial charge in [-0.25, -0.2) is 4.18 Å². The summed E-state index contributed by atoms with van der Waals surface area (Å²) in [6.07, 6.45) is -2.97. The molecule has 2 aromatic carbocycles. The minimum Gasteiger partial charge on any atom is -0.348 e. The summed E-state index contributed by atoms with van der Waals surface area (Å²) in [6, 6.07) is 18.2. The van der Waals surface area contributed by atoms with Crippen molar-refractivity contribution in [2.45, 2.75) is 81.3 Å². The van der Waals surface area contributed by atoms with Gasteiger partial charge >= 0.3 is 24.0 Å². The van der Waals surface area contributed by atoms with Crippen molar-refractivity contribution in [2.24, 2.45) is 0 Å². The Balaban J connectivity index is 0.000000445. The second kappa shape index (κ2) is 10.6. The number of hydrogen-bond acceptors (Lipinski definition) is 9. The smallest absolute Gasteiger partial charge is 0.348 e. The fourth-order valence-corrected chi connectivity index (χ4v) is 6.83. The number of rotatable bonds is 4. The van der Waals surface area contributed by atoms with Gasteiger partial charge in [-0.05, 0) is 51.3 Å². The highest BCUT2D eigenvalue weighted by Gasteiger charge is 2.66. The van der Waals surface area contributed by atoms with Crippen molar-refractivity contribution in [3.8, 4) is 0 Å². The Bertz CT molecular complexity index is 1130. The van der Waals surface area contributed by atoms with Gasteiger partial charge in [-0.3, -0.25) is 0 Å². The van der Waals surface area contributed by atoms with Crippen LogP contribution in [-0.2, 0) is 42.3 Å². The zero-order chi connectivity index (χ0) is 26.1. The van der Waals surface area contributed by atoms with Crippen molar-refractivity contribution in [1.29, 1.82) is 0 Å². The molecule has 5 rings (SSSR count). The monoisotopic (exact) mass is 539 g/mol. The van der Waals surface area contributed by atoms with Gasteiger partial charge in [0.2, 0.25) is 0 Å². The van der Waals surface area contributed by atoms with Gasteiger partial charge in [-0.1, -0.05) is 54.1 Å². The number of aryl methyl sites for hydroxylation is 1. The molecule has 0 N–H and O–H groups in total. The molecule has 0 spiro atoms. The maximum atomic E-state index is 12.9. The zero-order valence-electron chi connectivity index (χ0n) is 20.9. The lowest BCUT2D eigenvalue weighted by Crippen LogP contribution is -2.53. The highest BCUT2D eigenvalue weighted by atomic mass is 32.2. The highest BCUT2D eigenvalue weighted by Crippen LogP contribution is 2.51. The number of ether oxygens (including phenoxy) is 4. The fraction of sp³-hybridized carbons (Fsp3) is 0.520. The summed E-state index contributed by atoms with van der Waals surface area (Å²) in [5.41, 5.74) is 0.903. The molecule has 2 aromatic rings. The number of benzene rings is 2. The van der Waals surface area contributed by atoms with Crippen molar-refractivity contribution in [3.05, 3.63) is 66.2 Å². The molecule has 36 heavy (non-hydrogen) atoms. The van der Waals surface area contributed by atoms with Gasteiger partial charge in [0.25, 0.3) is 0 Å². The average molecular weight is 540 g/mol. The van der Waals surface area contributed by atoms with Crippen molar-refractivity contribution in [2.75, 3.05) is 6.61 Å². The van der Waals surface area contributed by atoms with Crippen molar-refractivity contribution in [3.63, 3.8) is 0 Å². The van der Waals surface area contributed by atoms with Crippen molar-refractivity contribution in [1.82, 2.24) is 0 Å². The quantitative estimate of drug-likeness (QED) is 0.409. The summed E-state index contributed by atoms with van der Waals surface area (Å²) >= 11 is 0. The largest absolute Gasteiger partial charge is 0.545 e. The Morgan fingerprint density at radius 1 is 0.833 bits per heavy atom. The summed E-state index contributed by atoms with van der Waals surface area (Å²) < 4.78 is 72.9. The third-order valence-corrected chi connectivity index (χ3v) is 8.52. The predicted molar refractivity (Wildman–Crippen MR) is 131 cm³/mol. The van der Waals surface area contributed by atoms with Gasteiger partial charge in [0.15, 0.2) is 23.8 Å². The molecule has 0 bridgehead atoms. The van der Waals surface area contributed by atoms with E-state index in [-0.39, 0.29) is 11.5 Å². The molecule has 3 heterocycles. The molecule has 196 valence electrons. The fourth-order valence-electron chi connectivity index (χ4n) is 4.17. The topological polar surface area (TPSA) is 107 Å². The molecule has 0 aliphatic carbocycles. The van der Waals surface area contributed by atoms with Crippen LogP contribution in [0.2, 0.25) is 0 Å². The van der Waals surface area contributed by atoms with Gasteiger partial charge in [-0.2, -0.15) is 8.42 Å². The predicted octanol–water partition coefficient (Wildman–Crippen LogP) is 4.53. The molecule has 11 heteroatoms. The normalized spacial score (nSPS) is 31.8. The van der Waals surface area contributed by atoms with Gasteiger partial charge in [-0.15, -0.1) is 4.52 Å². The van der Waals surface area contributed by atoms with Gasteiger partial charge in [0.1, 0.15) is 12.2 Å². The zero-order valence-corrected chi connectivity index (χ0v) is 22.6. The summed E-state index contributed by atoms with van der Waals surface area (Å²) in [4.78, 5) is -0.0392. The van der Waals surface area contributed by atoms with E-state index in [1.165, 1.54) is 12.1 Å². The van der Waals surface area contributed by atoms with E-state index >= 15 is 0 Å². The average Bonchev–Trinajstić information content (AvgIpc) is 3.35. The third-order valence-electron chi connectivity index (χ3n) is 5.80. The van der Waals surface area contributed by atoms with Crippen LogP contribution in [0.15, 0.2) is 65.6 Å². The minimum atomic E-state index is -4.20. The van der Waals surface area contributed by atoms with Gasteiger partial charge in [0.05, 0.1) is 11.5 Å². The first-order chi connectivity index (χ1) is 16.9. The highest BCUT2D eigenvalue weighted by molar-refractivity contribution is 7.87. The van der Waals surface area contributed by atoms with Crippen LogP contribution >= 0.6 is 8.03 Å². The molecule has 6 unspecified atom stereocenters. The van der Waals surface area contributed by atoms with E-state index in [0.717, 1.165) is 5.56 Å². The molecular weight excluding hydrogens is 507 g/mol. The first-order valence-corrected chi connectivity index (χ1v) is 14.3. The van der Waals surface area contributed by atoms with Crippen LogP contribution in [0.3, 0.4) is 0 Å². The molecule has 6 atom stereocenters. The van der Waals surface area contributed by atoms with E-state index in [9.17, 15) is 13.0 Å². The standard InChI is InChI=1S/C19H26O9PS.C6H6/c1-11-6-8-12(9-7-11)30(21,22)28-17-16-15(25-19(4,5)26-16)14(27-29(17)20)13-10-23-18(2,3)24-13;1-2-4-6-5-3-1/h6-9,13-17H,10H2,1-5H3;1-6H/q+1;. The molecule has 0 radical (unpaired) electrons. The summed E-state index contributed by atoms with van der Waals surface area (Å²) in [6.45, 7) is 8.98. The lowest BCUT2D eigenvalue weighted by atomic mass is 10.0. The minimum absolute atomic E-state index is 0.0392. The van der Waals surface area contributed by atoms with Crippen LogP contribution in [0.4, 0.5) is 0 Å². The summed E-state index contributed by atoms with van der Waals surface area (Å²) in [7, 11) is -6.76. The van der Waals surface area contributed by atoms with Crippen molar-refractivity contribution < 1.29 is 40.6 Å². The van der Waals surface area contributed by atoms with E-state index in [2.05, 4.69) is 0 Å². The van der Waals surface area contributed by atoms with E-state index < -0.39 is 60.0 Å². The first-order valence-electron chi connectivity index (χ1n) is 11.7. The lowest BCUT2D eigenvalue weighted by Gasteiger charge is -2.31. The van der Waals surface area contributed by atoms with E-state index in [1.807, 2.05) is 43.3 Å². The molecule has 9 nitrogen and oxygen atoms in total. The second-order valence-electron chi connectivity index (χ2n) is 9.70. The van der Waals surface area contributed by atoms with E-state index in [1.54, 1.807) is 39.8 Å². The van der Waals surface area contributed by atoms with Crippen LogP contribution < -0.4 is 0 Å². The first kappa shape index (κ1) is 27.3. The third kappa shape index (κ3) is 6.38. The van der Waals surface area contributed by atoms with Crippen LogP contribution in [0.25, 0.3) is 0 Å². The number of fused-ring (bicyclic) bond motifs is 1. The van der Waals surface area contributed by atoms with Crippen LogP contribution in [0, 0.1) is 6.92 Å². The Morgan fingerprint density at radius 3 is 1.92 bits per heavy atom. The number of hydrogen-bond donors (Lipinski definition) is 0. The Kier molecular flexibility index (Phi) is 8.00. The van der Waals surface area contributed by atoms with Crippen LogP contribution in [0.5, 0.6) is 0 Å². The van der Waals surface area contributed by atoms with Crippen LogP contribution in [0.1, 0.15) is 33.3 Å². The van der Waals surface area contributed by atoms with Crippen LogP contribution in [-0.4, -0.2) is 56.9 Å². The Morgan fingerprint density at radius 2 is 1.39 bits per heavy atom. The maximum absolute atomic E-state index is 12.9. The van der Waals surface area contributed by atoms with E-state index in [0.29, 0.717) is 0 Å². The molecular formula is C25H32O9PS+. The molecule has 0 saturated carbocycles. The second-order valence-corrected chi connectivity index (χ2v) is 12.6.